The maximum atomic E-state index is 13.1. The molecule has 2 heterocycles. The van der Waals surface area contributed by atoms with E-state index < -0.39 is 0 Å². The summed E-state index contributed by atoms with van der Waals surface area (Å²) in [6, 6.07) is 3.41. The largest absolute Gasteiger partial charge is 0.493 e. The van der Waals surface area contributed by atoms with E-state index in [0.29, 0.717) is 49.0 Å². The summed E-state index contributed by atoms with van der Waals surface area (Å²) >= 11 is 0. The molecule has 1 N–H and O–H groups in total. The van der Waals surface area contributed by atoms with Crippen LogP contribution in [0.1, 0.15) is 23.2 Å². The summed E-state index contributed by atoms with van der Waals surface area (Å²) < 4.78 is 16.0. The topological polar surface area (TPSA) is 80.3 Å². The Morgan fingerprint density at radius 1 is 1.11 bits per heavy atom. The van der Waals surface area contributed by atoms with Gasteiger partial charge >= 0.3 is 0 Å². The predicted octanol–water partition coefficient (Wildman–Crippen LogP) is 0.749. The molecular weight excluding hydrogens is 350 g/mol. The van der Waals surface area contributed by atoms with E-state index in [-0.39, 0.29) is 17.9 Å². The molecule has 0 aliphatic carbocycles. The Bertz CT molecular complexity index is 684. The number of amides is 2. The van der Waals surface area contributed by atoms with Crippen molar-refractivity contribution in [3.8, 4) is 17.2 Å². The zero-order valence-corrected chi connectivity index (χ0v) is 16.1. The molecular formula is C19H27N3O5. The zero-order valence-electron chi connectivity index (χ0n) is 16.1. The lowest BCUT2D eigenvalue weighted by Crippen LogP contribution is -2.57. The molecule has 3 rings (SSSR count). The minimum Gasteiger partial charge on any atom is -0.493 e. The Labute approximate surface area is 159 Å². The molecule has 148 valence electrons. The summed E-state index contributed by atoms with van der Waals surface area (Å²) in [5, 5.41) is 3.09. The van der Waals surface area contributed by atoms with E-state index in [9.17, 15) is 9.59 Å². The molecule has 2 aliphatic heterocycles. The highest BCUT2D eigenvalue weighted by Gasteiger charge is 2.32. The average molecular weight is 377 g/mol. The van der Waals surface area contributed by atoms with E-state index in [4.69, 9.17) is 14.2 Å². The first-order valence-electron chi connectivity index (χ1n) is 9.18. The summed E-state index contributed by atoms with van der Waals surface area (Å²) in [7, 11) is 4.58. The second kappa shape index (κ2) is 8.47. The third kappa shape index (κ3) is 3.95. The molecule has 8 heteroatoms. The van der Waals surface area contributed by atoms with Crippen molar-refractivity contribution in [2.45, 2.75) is 18.9 Å². The van der Waals surface area contributed by atoms with E-state index in [1.165, 1.54) is 21.3 Å². The molecule has 2 amide bonds. The van der Waals surface area contributed by atoms with Crippen LogP contribution in [0.15, 0.2) is 12.1 Å². The molecule has 2 aliphatic rings. The molecule has 2 fully saturated rings. The van der Waals surface area contributed by atoms with Crippen LogP contribution in [0.5, 0.6) is 17.2 Å². The van der Waals surface area contributed by atoms with Gasteiger partial charge in [0.2, 0.25) is 11.7 Å². The fourth-order valence-electron chi connectivity index (χ4n) is 3.79. The summed E-state index contributed by atoms with van der Waals surface area (Å²) in [6.45, 7) is 3.07. The number of carbonyl (C=O) groups excluding carboxylic acids is 2. The molecule has 0 saturated carbocycles. The van der Waals surface area contributed by atoms with Crippen LogP contribution in [0, 0.1) is 0 Å². The van der Waals surface area contributed by atoms with E-state index in [1.807, 2.05) is 9.80 Å². The van der Waals surface area contributed by atoms with Crippen LogP contribution < -0.4 is 19.5 Å². The van der Waals surface area contributed by atoms with Crippen molar-refractivity contribution >= 4 is 11.8 Å². The normalized spacial score (nSPS) is 20.4. The standard InChI is InChI=1S/C19H27N3O5/c1-25-15-9-13(10-16(26-2)18(15)27-3)19(24)21-7-4-5-14(12-21)22-8-6-20-11-17(22)23/h9-10,14,20H,4-8,11-12H2,1-3H3. The molecule has 0 bridgehead atoms. The second-order valence-corrected chi connectivity index (χ2v) is 6.73. The summed E-state index contributed by atoms with van der Waals surface area (Å²) in [5.41, 5.74) is 0.483. The molecule has 0 spiro atoms. The monoisotopic (exact) mass is 377 g/mol. The van der Waals surface area contributed by atoms with Gasteiger partial charge in [0.1, 0.15) is 0 Å². The van der Waals surface area contributed by atoms with Crippen molar-refractivity contribution in [1.29, 1.82) is 0 Å². The molecule has 0 aromatic heterocycles. The number of hydrogen-bond donors (Lipinski definition) is 1. The highest BCUT2D eigenvalue weighted by atomic mass is 16.5. The van der Waals surface area contributed by atoms with Gasteiger partial charge in [-0.25, -0.2) is 0 Å². The van der Waals surface area contributed by atoms with Crippen molar-refractivity contribution in [3.63, 3.8) is 0 Å². The quantitative estimate of drug-likeness (QED) is 0.816. The van der Waals surface area contributed by atoms with Crippen LogP contribution in [0.3, 0.4) is 0 Å². The lowest BCUT2D eigenvalue weighted by Gasteiger charge is -2.41. The first-order valence-corrected chi connectivity index (χ1v) is 9.18. The highest BCUT2D eigenvalue weighted by molar-refractivity contribution is 5.95. The minimum atomic E-state index is -0.0958. The van der Waals surface area contributed by atoms with Crippen LogP contribution in [0.25, 0.3) is 0 Å². The molecule has 8 nitrogen and oxygen atoms in total. The highest BCUT2D eigenvalue weighted by Crippen LogP contribution is 2.38. The maximum absolute atomic E-state index is 13.1. The smallest absolute Gasteiger partial charge is 0.254 e. The number of carbonyl (C=O) groups is 2. The summed E-state index contributed by atoms with van der Waals surface area (Å²) in [4.78, 5) is 29.0. The van der Waals surface area contributed by atoms with Crippen LogP contribution in [-0.4, -0.2) is 81.7 Å². The number of nitrogens with one attached hydrogen (secondary N) is 1. The Balaban J connectivity index is 1.79. The molecule has 1 atom stereocenters. The van der Waals surface area contributed by atoms with Crippen LogP contribution in [0.2, 0.25) is 0 Å². The molecule has 2 saturated heterocycles. The van der Waals surface area contributed by atoms with Gasteiger partial charge in [-0.3, -0.25) is 9.59 Å². The molecule has 1 aromatic carbocycles. The number of nitrogens with zero attached hydrogens (tertiary/aromatic N) is 2. The number of piperidine rings is 1. The lowest BCUT2D eigenvalue weighted by atomic mass is 10.0. The predicted molar refractivity (Wildman–Crippen MR) is 99.6 cm³/mol. The lowest BCUT2D eigenvalue weighted by molar-refractivity contribution is -0.135. The number of benzene rings is 1. The number of piperazine rings is 1. The fraction of sp³-hybridized carbons (Fsp3) is 0.579. The minimum absolute atomic E-state index is 0.0688. The molecule has 1 aromatic rings. The number of likely N-dealkylation sites (tertiary alicyclic amines) is 1. The fourth-order valence-corrected chi connectivity index (χ4v) is 3.79. The van der Waals surface area contributed by atoms with E-state index in [1.54, 1.807) is 12.1 Å². The molecule has 0 radical (unpaired) electrons. The van der Waals surface area contributed by atoms with Crippen LogP contribution >= 0.6 is 0 Å². The second-order valence-electron chi connectivity index (χ2n) is 6.73. The van der Waals surface area contributed by atoms with Crippen molar-refractivity contribution in [1.82, 2.24) is 15.1 Å². The number of rotatable bonds is 5. The Hall–Kier alpha value is -2.48. The van der Waals surface area contributed by atoms with E-state index in [0.717, 1.165) is 19.4 Å². The summed E-state index contributed by atoms with van der Waals surface area (Å²) in [5.74, 6) is 1.37. The number of hydrogen-bond acceptors (Lipinski definition) is 6. The van der Waals surface area contributed by atoms with Crippen LogP contribution in [-0.2, 0) is 4.79 Å². The van der Waals surface area contributed by atoms with Gasteiger partial charge in [-0.2, -0.15) is 0 Å². The number of ether oxygens (including phenoxy) is 3. The number of methoxy groups -OCH3 is 3. The Morgan fingerprint density at radius 2 is 1.81 bits per heavy atom. The van der Waals surface area contributed by atoms with Crippen molar-refractivity contribution in [2.24, 2.45) is 0 Å². The van der Waals surface area contributed by atoms with E-state index in [2.05, 4.69) is 5.32 Å². The Morgan fingerprint density at radius 3 is 2.41 bits per heavy atom. The van der Waals surface area contributed by atoms with Crippen molar-refractivity contribution < 1.29 is 23.8 Å². The van der Waals surface area contributed by atoms with Gasteiger partial charge in [0, 0.05) is 37.8 Å². The van der Waals surface area contributed by atoms with Gasteiger partial charge < -0.3 is 29.3 Å². The van der Waals surface area contributed by atoms with E-state index >= 15 is 0 Å². The van der Waals surface area contributed by atoms with Gasteiger partial charge in [-0.15, -0.1) is 0 Å². The van der Waals surface area contributed by atoms with Crippen LogP contribution in [0.4, 0.5) is 0 Å². The Kier molecular flexibility index (Phi) is 6.05. The average Bonchev–Trinajstić information content (AvgIpc) is 2.72. The molecule has 1 unspecified atom stereocenters. The van der Waals surface area contributed by atoms with Gasteiger partial charge in [0.15, 0.2) is 11.5 Å². The van der Waals surface area contributed by atoms with Gasteiger partial charge in [0.05, 0.1) is 27.9 Å². The third-order valence-electron chi connectivity index (χ3n) is 5.16. The third-order valence-corrected chi connectivity index (χ3v) is 5.16. The first kappa shape index (κ1) is 19.3. The summed E-state index contributed by atoms with van der Waals surface area (Å²) in [6.07, 6.45) is 1.79. The zero-order chi connectivity index (χ0) is 19.4. The van der Waals surface area contributed by atoms with Gasteiger partial charge in [-0.05, 0) is 25.0 Å². The maximum Gasteiger partial charge on any atom is 0.254 e. The SMILES string of the molecule is COc1cc(C(=O)N2CCCC(N3CCNCC3=O)C2)cc(OC)c1OC. The van der Waals surface area contributed by atoms with Gasteiger partial charge in [0.25, 0.3) is 5.91 Å². The van der Waals surface area contributed by atoms with Crippen molar-refractivity contribution in [3.05, 3.63) is 17.7 Å². The van der Waals surface area contributed by atoms with Gasteiger partial charge in [-0.1, -0.05) is 0 Å². The molecule has 27 heavy (non-hydrogen) atoms. The van der Waals surface area contributed by atoms with Crippen molar-refractivity contribution in [2.75, 3.05) is 54.1 Å². The first-order chi connectivity index (χ1) is 13.1.